The van der Waals surface area contributed by atoms with Gasteiger partial charge in [0, 0.05) is 26.2 Å². The van der Waals surface area contributed by atoms with E-state index in [-0.39, 0.29) is 0 Å². The third kappa shape index (κ3) is 3.69. The van der Waals surface area contributed by atoms with E-state index in [0.29, 0.717) is 22.9 Å². The van der Waals surface area contributed by atoms with Gasteiger partial charge in [-0.2, -0.15) is 9.97 Å². The molecular formula is C13H21N5OS. The lowest BCUT2D eigenvalue weighted by atomic mass is 10.0. The van der Waals surface area contributed by atoms with Gasteiger partial charge in [-0.1, -0.05) is 6.92 Å². The fourth-order valence-corrected chi connectivity index (χ4v) is 2.39. The van der Waals surface area contributed by atoms with Crippen molar-refractivity contribution in [1.29, 1.82) is 0 Å². The van der Waals surface area contributed by atoms with Crippen molar-refractivity contribution in [2.75, 3.05) is 37.5 Å². The highest BCUT2D eigenvalue weighted by molar-refractivity contribution is 7.80. The summed E-state index contributed by atoms with van der Waals surface area (Å²) in [6.07, 6.45) is 2.46. The average Bonchev–Trinajstić information content (AvgIpc) is 2.46. The molecule has 1 unspecified atom stereocenters. The van der Waals surface area contributed by atoms with Crippen LogP contribution in [0.5, 0.6) is 5.88 Å². The van der Waals surface area contributed by atoms with Crippen LogP contribution in [0.25, 0.3) is 0 Å². The van der Waals surface area contributed by atoms with Crippen molar-refractivity contribution in [3.05, 3.63) is 6.07 Å². The van der Waals surface area contributed by atoms with Gasteiger partial charge in [-0.05, 0) is 31.0 Å². The minimum Gasteiger partial charge on any atom is -0.481 e. The molecule has 0 saturated carbocycles. The molecule has 2 heterocycles. The van der Waals surface area contributed by atoms with Gasteiger partial charge in [0.15, 0.2) is 5.11 Å². The van der Waals surface area contributed by atoms with Crippen molar-refractivity contribution in [2.24, 2.45) is 5.92 Å². The van der Waals surface area contributed by atoms with E-state index in [0.717, 1.165) is 18.9 Å². The summed E-state index contributed by atoms with van der Waals surface area (Å²) in [4.78, 5) is 11.0. The molecule has 0 bridgehead atoms. The van der Waals surface area contributed by atoms with Gasteiger partial charge in [0.05, 0.1) is 7.11 Å². The molecule has 6 nitrogen and oxygen atoms in total. The number of thiocarbonyl (C=S) groups is 1. The topological polar surface area (TPSA) is 62.3 Å². The van der Waals surface area contributed by atoms with Crippen LogP contribution in [0.2, 0.25) is 0 Å². The van der Waals surface area contributed by atoms with Crippen molar-refractivity contribution in [1.82, 2.24) is 15.3 Å². The van der Waals surface area contributed by atoms with Crippen molar-refractivity contribution >= 4 is 29.1 Å². The summed E-state index contributed by atoms with van der Waals surface area (Å²) in [6.45, 7) is 4.29. The summed E-state index contributed by atoms with van der Waals surface area (Å²) in [6, 6.07) is 1.87. The first-order valence-electron chi connectivity index (χ1n) is 6.79. The molecule has 0 amide bonds. The van der Waals surface area contributed by atoms with E-state index in [4.69, 9.17) is 17.0 Å². The molecule has 0 aromatic carbocycles. The lowest BCUT2D eigenvalue weighted by molar-refractivity contribution is 0.396. The fraction of sp³-hybridized carbons (Fsp3) is 0.615. The molecule has 1 aliphatic rings. The highest BCUT2D eigenvalue weighted by Gasteiger charge is 2.19. The molecule has 0 radical (unpaired) electrons. The quantitative estimate of drug-likeness (QED) is 0.822. The Morgan fingerprint density at radius 1 is 1.50 bits per heavy atom. The molecule has 1 saturated heterocycles. The van der Waals surface area contributed by atoms with E-state index in [1.54, 1.807) is 14.2 Å². The molecule has 1 aliphatic heterocycles. The molecule has 0 spiro atoms. The second-order valence-corrected chi connectivity index (χ2v) is 5.40. The maximum absolute atomic E-state index is 5.25. The Morgan fingerprint density at radius 3 is 2.95 bits per heavy atom. The molecule has 7 heteroatoms. The van der Waals surface area contributed by atoms with Crippen LogP contribution >= 0.6 is 12.2 Å². The van der Waals surface area contributed by atoms with Crippen LogP contribution in [0.4, 0.5) is 11.8 Å². The van der Waals surface area contributed by atoms with Crippen LogP contribution in [0.15, 0.2) is 6.07 Å². The summed E-state index contributed by atoms with van der Waals surface area (Å²) in [7, 11) is 3.36. The van der Waals surface area contributed by atoms with Crippen molar-refractivity contribution < 1.29 is 4.74 Å². The Bertz CT molecular complexity index is 482. The minimum atomic E-state index is 0.455. The number of hydrogen-bond acceptors (Lipinski definition) is 5. The summed E-state index contributed by atoms with van der Waals surface area (Å²) in [5.74, 6) is 2.55. The smallest absolute Gasteiger partial charge is 0.234 e. The highest BCUT2D eigenvalue weighted by Crippen LogP contribution is 2.24. The molecule has 0 aliphatic carbocycles. The third-order valence-electron chi connectivity index (χ3n) is 3.33. The van der Waals surface area contributed by atoms with Crippen LogP contribution in [0, 0.1) is 5.92 Å². The van der Waals surface area contributed by atoms with Gasteiger partial charge in [-0.25, -0.2) is 0 Å². The number of rotatable bonds is 3. The van der Waals surface area contributed by atoms with E-state index in [9.17, 15) is 0 Å². The van der Waals surface area contributed by atoms with Crippen molar-refractivity contribution in [3.63, 3.8) is 0 Å². The molecule has 1 atom stereocenters. The van der Waals surface area contributed by atoms with Gasteiger partial charge in [0.2, 0.25) is 11.8 Å². The largest absolute Gasteiger partial charge is 0.481 e. The summed E-state index contributed by atoms with van der Waals surface area (Å²) in [5.41, 5.74) is 0. The molecule has 110 valence electrons. The van der Waals surface area contributed by atoms with E-state index in [1.165, 1.54) is 12.8 Å². The second-order valence-electron chi connectivity index (χ2n) is 4.99. The number of nitrogens with one attached hydrogen (secondary N) is 2. The zero-order chi connectivity index (χ0) is 14.5. The molecule has 1 fully saturated rings. The Labute approximate surface area is 124 Å². The maximum atomic E-state index is 5.25. The maximum Gasteiger partial charge on any atom is 0.234 e. The van der Waals surface area contributed by atoms with Gasteiger partial charge in [-0.15, -0.1) is 0 Å². The summed E-state index contributed by atoms with van der Waals surface area (Å²) >= 11 is 5.08. The number of ether oxygens (including phenoxy) is 1. The Morgan fingerprint density at radius 2 is 2.30 bits per heavy atom. The Balaban J connectivity index is 2.22. The van der Waals surface area contributed by atoms with E-state index in [1.807, 2.05) is 6.07 Å². The van der Waals surface area contributed by atoms with Gasteiger partial charge < -0.3 is 20.3 Å². The monoisotopic (exact) mass is 295 g/mol. The van der Waals surface area contributed by atoms with Gasteiger partial charge in [0.25, 0.3) is 0 Å². The SMILES string of the molecule is CNC(=S)Nc1nc(OC)cc(N2CCCC(C)C2)n1. The second kappa shape index (κ2) is 6.69. The molecule has 1 aromatic rings. The van der Waals surface area contributed by atoms with Crippen LogP contribution in [0.3, 0.4) is 0 Å². The predicted molar refractivity (Wildman–Crippen MR) is 84.5 cm³/mol. The number of aromatic nitrogens is 2. The van der Waals surface area contributed by atoms with E-state index < -0.39 is 0 Å². The van der Waals surface area contributed by atoms with Crippen molar-refractivity contribution in [3.8, 4) is 5.88 Å². The first kappa shape index (κ1) is 14.8. The zero-order valence-electron chi connectivity index (χ0n) is 12.1. The molecule has 1 aromatic heterocycles. The van der Waals surface area contributed by atoms with Crippen LogP contribution < -0.4 is 20.3 Å². The number of methoxy groups -OCH3 is 1. The zero-order valence-corrected chi connectivity index (χ0v) is 13.0. The molecule has 2 rings (SSSR count). The molecular weight excluding hydrogens is 274 g/mol. The molecule has 20 heavy (non-hydrogen) atoms. The minimum absolute atomic E-state index is 0.455. The Hall–Kier alpha value is -1.63. The molecule has 2 N–H and O–H groups in total. The first-order chi connectivity index (χ1) is 9.62. The Kier molecular flexibility index (Phi) is 4.94. The lowest BCUT2D eigenvalue weighted by Gasteiger charge is -2.32. The third-order valence-corrected chi connectivity index (χ3v) is 3.64. The van der Waals surface area contributed by atoms with Crippen LogP contribution in [-0.4, -0.2) is 42.3 Å². The van der Waals surface area contributed by atoms with E-state index in [2.05, 4.69) is 32.4 Å². The number of hydrogen-bond donors (Lipinski definition) is 2. The number of nitrogens with zero attached hydrogens (tertiary/aromatic N) is 3. The van der Waals surface area contributed by atoms with Crippen LogP contribution in [-0.2, 0) is 0 Å². The number of anilines is 2. The van der Waals surface area contributed by atoms with Gasteiger partial charge in [-0.3, -0.25) is 0 Å². The predicted octanol–water partition coefficient (Wildman–Crippen LogP) is 1.64. The number of piperidine rings is 1. The summed E-state index contributed by atoms with van der Waals surface area (Å²) in [5, 5.41) is 6.27. The van der Waals surface area contributed by atoms with E-state index >= 15 is 0 Å². The fourth-order valence-electron chi connectivity index (χ4n) is 2.30. The lowest BCUT2D eigenvalue weighted by Crippen LogP contribution is -2.35. The first-order valence-corrected chi connectivity index (χ1v) is 7.20. The van der Waals surface area contributed by atoms with Gasteiger partial charge in [0.1, 0.15) is 5.82 Å². The van der Waals surface area contributed by atoms with Crippen molar-refractivity contribution in [2.45, 2.75) is 19.8 Å². The van der Waals surface area contributed by atoms with Crippen LogP contribution in [0.1, 0.15) is 19.8 Å². The highest BCUT2D eigenvalue weighted by atomic mass is 32.1. The average molecular weight is 295 g/mol. The summed E-state index contributed by atoms with van der Waals surface area (Å²) < 4.78 is 5.25. The standard InChI is InChI=1S/C13H21N5OS/c1-9-5-4-6-18(8-9)10-7-11(19-3)16-12(15-10)17-13(20)14-2/h7,9H,4-6,8H2,1-3H3,(H2,14,15,16,17,20). The normalized spacial score (nSPS) is 18.6. The van der Waals surface area contributed by atoms with Gasteiger partial charge >= 0.3 is 0 Å².